The summed E-state index contributed by atoms with van der Waals surface area (Å²) >= 11 is 6.19. The summed E-state index contributed by atoms with van der Waals surface area (Å²) in [6, 6.07) is 10.5. The zero-order valence-corrected chi connectivity index (χ0v) is 21.2. The number of rotatable bonds is 6. The van der Waals surface area contributed by atoms with Crippen LogP contribution in [0.3, 0.4) is 0 Å². The van der Waals surface area contributed by atoms with Crippen molar-refractivity contribution in [3.05, 3.63) is 66.1 Å². The minimum absolute atomic E-state index is 0.00119. The fraction of sp³-hybridized carbons (Fsp3) is 0. The maximum absolute atomic E-state index is 5.80. The Hall–Kier alpha value is -1.95. The molecule has 0 fully saturated rings. The Morgan fingerprint density at radius 1 is 0.500 bits per heavy atom. The lowest BCUT2D eigenvalue weighted by Crippen LogP contribution is -2.03. The third-order valence-electron chi connectivity index (χ3n) is 3.35. The SMILES string of the molecule is Ic1ncccc1Oc1nc(Oc2cccnc2I)nc(Oc2cccnc2I)n1. The summed E-state index contributed by atoms with van der Waals surface area (Å²) < 4.78 is 19.4. The third kappa shape index (κ3) is 5.39. The summed E-state index contributed by atoms with van der Waals surface area (Å²) in [5.41, 5.74) is 0. The molecular formula is C18H9I3N6O3. The molecule has 4 heterocycles. The van der Waals surface area contributed by atoms with Gasteiger partial charge in [-0.1, -0.05) is 0 Å². The highest BCUT2D eigenvalue weighted by Gasteiger charge is 2.16. The normalized spacial score (nSPS) is 10.5. The van der Waals surface area contributed by atoms with E-state index >= 15 is 0 Å². The van der Waals surface area contributed by atoms with Gasteiger partial charge in [-0.3, -0.25) is 0 Å². The summed E-state index contributed by atoms with van der Waals surface area (Å²) in [5.74, 6) is 1.48. The molecule has 0 N–H and O–H groups in total. The molecule has 0 spiro atoms. The van der Waals surface area contributed by atoms with Gasteiger partial charge >= 0.3 is 18.0 Å². The number of halogens is 3. The molecule has 0 bridgehead atoms. The summed E-state index contributed by atoms with van der Waals surface area (Å²) in [5, 5.41) is 0. The van der Waals surface area contributed by atoms with E-state index < -0.39 is 0 Å². The third-order valence-corrected chi connectivity index (χ3v) is 5.78. The molecule has 9 nitrogen and oxygen atoms in total. The molecule has 0 aliphatic carbocycles. The van der Waals surface area contributed by atoms with Crippen LogP contribution in [0.15, 0.2) is 55.0 Å². The van der Waals surface area contributed by atoms with Crippen molar-refractivity contribution in [1.29, 1.82) is 0 Å². The first-order chi connectivity index (χ1) is 14.6. The van der Waals surface area contributed by atoms with Gasteiger partial charge in [0, 0.05) is 18.6 Å². The summed E-state index contributed by atoms with van der Waals surface area (Å²) in [6.45, 7) is 0. The molecule has 0 aromatic carbocycles. The molecule has 0 saturated carbocycles. The predicted molar refractivity (Wildman–Crippen MR) is 131 cm³/mol. The molecule has 4 aromatic rings. The van der Waals surface area contributed by atoms with Crippen LogP contribution in [0.1, 0.15) is 0 Å². The molecule has 150 valence electrons. The molecule has 0 aliphatic heterocycles. The molecule has 30 heavy (non-hydrogen) atoms. The van der Waals surface area contributed by atoms with Gasteiger partial charge in [0.05, 0.1) is 0 Å². The van der Waals surface area contributed by atoms with Gasteiger partial charge in [-0.25, -0.2) is 15.0 Å². The first kappa shape index (κ1) is 21.3. The van der Waals surface area contributed by atoms with Crippen LogP contribution in [0.5, 0.6) is 35.3 Å². The van der Waals surface area contributed by atoms with Gasteiger partial charge in [0.1, 0.15) is 11.1 Å². The molecule has 0 saturated heterocycles. The molecular weight excluding hydrogens is 729 g/mol. The second-order valence-electron chi connectivity index (χ2n) is 5.37. The van der Waals surface area contributed by atoms with Crippen molar-refractivity contribution in [3.8, 4) is 35.3 Å². The smallest absolute Gasteiger partial charge is 0.331 e. The van der Waals surface area contributed by atoms with E-state index in [-0.39, 0.29) is 18.0 Å². The van der Waals surface area contributed by atoms with Crippen molar-refractivity contribution in [3.63, 3.8) is 0 Å². The second-order valence-corrected chi connectivity index (χ2v) is 8.43. The molecule has 0 amide bonds. The fourth-order valence-electron chi connectivity index (χ4n) is 2.09. The molecule has 0 aliphatic rings. The molecule has 4 aromatic heterocycles. The van der Waals surface area contributed by atoms with Crippen molar-refractivity contribution in [2.45, 2.75) is 0 Å². The van der Waals surface area contributed by atoms with Crippen LogP contribution in [-0.4, -0.2) is 29.9 Å². The minimum atomic E-state index is -0.00119. The van der Waals surface area contributed by atoms with Gasteiger partial charge < -0.3 is 14.2 Å². The summed E-state index contributed by atoms with van der Waals surface area (Å²) in [4.78, 5) is 25.3. The van der Waals surface area contributed by atoms with Gasteiger partial charge in [0.15, 0.2) is 17.2 Å². The first-order valence-electron chi connectivity index (χ1n) is 8.19. The molecule has 0 atom stereocenters. The fourth-order valence-corrected chi connectivity index (χ4v) is 3.45. The maximum Gasteiger partial charge on any atom is 0.331 e. The predicted octanol–water partition coefficient (Wildman–Crippen LogP) is 5.25. The van der Waals surface area contributed by atoms with Gasteiger partial charge in [0.2, 0.25) is 0 Å². The second kappa shape index (κ2) is 9.90. The Balaban J connectivity index is 1.70. The zero-order chi connectivity index (χ0) is 20.9. The van der Waals surface area contributed by atoms with E-state index in [4.69, 9.17) is 14.2 Å². The zero-order valence-electron chi connectivity index (χ0n) is 14.7. The molecule has 0 radical (unpaired) electrons. The van der Waals surface area contributed by atoms with E-state index in [9.17, 15) is 0 Å². The maximum atomic E-state index is 5.80. The Kier molecular flexibility index (Phi) is 7.03. The lowest BCUT2D eigenvalue weighted by Gasteiger charge is -2.10. The average molecular weight is 738 g/mol. The van der Waals surface area contributed by atoms with Crippen molar-refractivity contribution in [2.24, 2.45) is 0 Å². The largest absolute Gasteiger partial charge is 0.421 e. The topological polar surface area (TPSA) is 105 Å². The molecule has 12 heteroatoms. The first-order valence-corrected chi connectivity index (χ1v) is 11.4. The van der Waals surface area contributed by atoms with E-state index in [0.717, 1.165) is 0 Å². The number of aromatic nitrogens is 6. The minimum Gasteiger partial charge on any atom is -0.421 e. The quantitative estimate of drug-likeness (QED) is 0.194. The number of hydrogen-bond acceptors (Lipinski definition) is 9. The monoisotopic (exact) mass is 738 g/mol. The van der Waals surface area contributed by atoms with Gasteiger partial charge in [-0.15, -0.1) is 15.0 Å². The lowest BCUT2D eigenvalue weighted by atomic mass is 10.5. The Bertz CT molecular complexity index is 1040. The number of pyridine rings is 3. The Morgan fingerprint density at radius 2 is 0.800 bits per heavy atom. The van der Waals surface area contributed by atoms with Crippen LogP contribution in [-0.2, 0) is 0 Å². The number of ether oxygens (including phenoxy) is 3. The van der Waals surface area contributed by atoms with Crippen LogP contribution in [0, 0.1) is 11.1 Å². The van der Waals surface area contributed by atoms with Crippen molar-refractivity contribution >= 4 is 67.8 Å². The Morgan fingerprint density at radius 3 is 1.07 bits per heavy atom. The van der Waals surface area contributed by atoms with E-state index in [1.54, 1.807) is 55.0 Å². The molecule has 0 unspecified atom stereocenters. The number of nitrogens with zero attached hydrogens (tertiary/aromatic N) is 6. The summed E-state index contributed by atoms with van der Waals surface area (Å²) in [7, 11) is 0. The lowest BCUT2D eigenvalue weighted by molar-refractivity contribution is 0.358. The van der Waals surface area contributed by atoms with E-state index in [0.29, 0.717) is 28.4 Å². The van der Waals surface area contributed by atoms with Crippen LogP contribution in [0.4, 0.5) is 0 Å². The van der Waals surface area contributed by atoms with Gasteiger partial charge in [0.25, 0.3) is 0 Å². The number of hydrogen-bond donors (Lipinski definition) is 0. The standard InChI is InChI=1S/C18H9I3N6O3/c19-13-10(4-1-7-22-13)28-16-25-17(29-11-5-2-8-23-14(11)20)27-18(26-16)30-12-6-3-9-24-15(12)21/h1-9H. The summed E-state index contributed by atoms with van der Waals surface area (Å²) in [6.07, 6.45) is 5.00. The van der Waals surface area contributed by atoms with E-state index in [2.05, 4.69) is 97.7 Å². The van der Waals surface area contributed by atoms with Crippen molar-refractivity contribution in [2.75, 3.05) is 0 Å². The molecule has 4 rings (SSSR count). The van der Waals surface area contributed by atoms with Crippen molar-refractivity contribution in [1.82, 2.24) is 29.9 Å². The van der Waals surface area contributed by atoms with Gasteiger partial charge in [-0.05, 0) is 104 Å². The van der Waals surface area contributed by atoms with Crippen LogP contribution >= 0.6 is 67.8 Å². The highest BCUT2D eigenvalue weighted by atomic mass is 127. The highest BCUT2D eigenvalue weighted by Crippen LogP contribution is 2.30. The Labute approximate surface area is 211 Å². The van der Waals surface area contributed by atoms with Crippen molar-refractivity contribution < 1.29 is 14.2 Å². The van der Waals surface area contributed by atoms with Crippen LogP contribution in [0.2, 0.25) is 0 Å². The van der Waals surface area contributed by atoms with Gasteiger partial charge in [-0.2, -0.15) is 0 Å². The van der Waals surface area contributed by atoms with Crippen LogP contribution < -0.4 is 14.2 Å². The van der Waals surface area contributed by atoms with E-state index in [1.807, 2.05) is 0 Å². The average Bonchev–Trinajstić information content (AvgIpc) is 2.73. The van der Waals surface area contributed by atoms with E-state index in [1.165, 1.54) is 0 Å². The van der Waals surface area contributed by atoms with Crippen LogP contribution in [0.25, 0.3) is 0 Å². The highest BCUT2D eigenvalue weighted by molar-refractivity contribution is 14.1.